The van der Waals surface area contributed by atoms with Crippen LogP contribution in [-0.4, -0.2) is 34.6 Å². The van der Waals surface area contributed by atoms with Crippen LogP contribution in [0.15, 0.2) is 24.3 Å². The Labute approximate surface area is 146 Å². The van der Waals surface area contributed by atoms with E-state index in [2.05, 4.69) is 15.5 Å². The van der Waals surface area contributed by atoms with E-state index in [1.807, 2.05) is 30.1 Å². The Morgan fingerprint density at radius 2 is 2.29 bits per heavy atom. The van der Waals surface area contributed by atoms with Crippen LogP contribution in [0.5, 0.6) is 0 Å². The molecule has 3 rings (SSSR count). The summed E-state index contributed by atoms with van der Waals surface area (Å²) in [5.41, 5.74) is 8.91. The van der Waals surface area contributed by atoms with Crippen molar-refractivity contribution in [3.05, 3.63) is 40.7 Å². The number of carbonyl (C=O) groups excluding carboxylic acids is 1. The molecule has 128 valence electrons. The topological polar surface area (TPSA) is 87.0 Å². The third-order valence-corrected chi connectivity index (χ3v) is 4.74. The van der Waals surface area contributed by atoms with Crippen LogP contribution in [0.3, 0.4) is 0 Å². The van der Waals surface area contributed by atoms with E-state index in [0.29, 0.717) is 29.0 Å². The number of H-pyrrole nitrogens is 1. The van der Waals surface area contributed by atoms with Crippen molar-refractivity contribution in [2.24, 2.45) is 5.92 Å². The number of nitrogen functional groups attached to an aromatic ring is 1. The lowest BCUT2D eigenvalue weighted by molar-refractivity contribution is 0.0674. The fourth-order valence-electron chi connectivity index (χ4n) is 3.04. The highest BCUT2D eigenvalue weighted by Gasteiger charge is 2.26. The van der Waals surface area contributed by atoms with Crippen LogP contribution in [0.2, 0.25) is 5.15 Å². The molecule has 0 bridgehead atoms. The predicted molar refractivity (Wildman–Crippen MR) is 96.1 cm³/mol. The van der Waals surface area contributed by atoms with Gasteiger partial charge in [-0.05, 0) is 30.4 Å². The van der Waals surface area contributed by atoms with Gasteiger partial charge >= 0.3 is 0 Å². The molecule has 2 aromatic rings. The summed E-state index contributed by atoms with van der Waals surface area (Å²) >= 11 is 5.87. The van der Waals surface area contributed by atoms with Gasteiger partial charge in [-0.15, -0.1) is 0 Å². The lowest BCUT2D eigenvalue weighted by atomic mass is 9.85. The molecule has 1 amide bonds. The highest BCUT2D eigenvalue weighted by molar-refractivity contribution is 6.29. The monoisotopic (exact) mass is 347 g/mol. The average Bonchev–Trinajstić information content (AvgIpc) is 2.95. The molecular formula is C17H22ClN5O. The first kappa shape index (κ1) is 16.6. The SMILES string of the molecule is CNc1c(N)cccc1CN(CC1CCC1)C(=O)c1cc(Cl)[nH]n1. The van der Waals surface area contributed by atoms with Gasteiger partial charge in [-0.3, -0.25) is 9.89 Å². The number of anilines is 2. The molecule has 24 heavy (non-hydrogen) atoms. The summed E-state index contributed by atoms with van der Waals surface area (Å²) in [4.78, 5) is 14.7. The number of rotatable bonds is 6. The molecule has 1 aromatic heterocycles. The molecule has 4 N–H and O–H groups in total. The summed E-state index contributed by atoms with van der Waals surface area (Å²) in [7, 11) is 1.83. The summed E-state index contributed by atoms with van der Waals surface area (Å²) in [6.07, 6.45) is 3.57. The molecule has 1 aliphatic rings. The minimum absolute atomic E-state index is 0.116. The second-order valence-electron chi connectivity index (χ2n) is 6.22. The van der Waals surface area contributed by atoms with Gasteiger partial charge in [0.2, 0.25) is 0 Å². The van der Waals surface area contributed by atoms with Crippen molar-refractivity contribution >= 4 is 28.9 Å². The molecule has 1 aliphatic carbocycles. The number of amides is 1. The van der Waals surface area contributed by atoms with Crippen molar-refractivity contribution in [1.82, 2.24) is 15.1 Å². The standard InChI is InChI=1S/C17H22ClN5O/c1-20-16-12(6-3-7-13(16)19)10-23(9-11-4-2-5-11)17(24)14-8-15(18)22-21-14/h3,6-8,11,20H,2,4-5,9-10,19H2,1H3,(H,21,22). The Bertz CT molecular complexity index is 726. The maximum atomic E-state index is 12.9. The minimum Gasteiger partial charge on any atom is -0.397 e. The molecule has 0 spiro atoms. The van der Waals surface area contributed by atoms with Gasteiger partial charge < -0.3 is 16.0 Å². The van der Waals surface area contributed by atoms with Crippen LogP contribution < -0.4 is 11.1 Å². The maximum Gasteiger partial charge on any atom is 0.274 e. The van der Waals surface area contributed by atoms with E-state index >= 15 is 0 Å². The second-order valence-corrected chi connectivity index (χ2v) is 6.62. The van der Waals surface area contributed by atoms with E-state index in [0.717, 1.165) is 17.8 Å². The number of aromatic amines is 1. The molecule has 0 saturated heterocycles. The summed E-state index contributed by atoms with van der Waals surface area (Å²) in [5, 5.41) is 10.1. The van der Waals surface area contributed by atoms with Crippen molar-refractivity contribution in [2.45, 2.75) is 25.8 Å². The molecule has 0 unspecified atom stereocenters. The molecule has 0 radical (unpaired) electrons. The fraction of sp³-hybridized carbons (Fsp3) is 0.412. The van der Waals surface area contributed by atoms with Crippen LogP contribution in [-0.2, 0) is 6.54 Å². The number of hydrogen-bond acceptors (Lipinski definition) is 4. The molecule has 0 atom stereocenters. The van der Waals surface area contributed by atoms with Crippen LogP contribution in [0.4, 0.5) is 11.4 Å². The summed E-state index contributed by atoms with van der Waals surface area (Å²) in [6.45, 7) is 1.21. The quantitative estimate of drug-likeness (QED) is 0.700. The molecule has 6 nitrogen and oxygen atoms in total. The van der Waals surface area contributed by atoms with Gasteiger partial charge in [-0.25, -0.2) is 0 Å². The molecular weight excluding hydrogens is 326 g/mol. The minimum atomic E-state index is -0.116. The first-order valence-electron chi connectivity index (χ1n) is 8.13. The lowest BCUT2D eigenvalue weighted by Crippen LogP contribution is -2.37. The van der Waals surface area contributed by atoms with Gasteiger partial charge in [0.25, 0.3) is 5.91 Å². The zero-order valence-corrected chi connectivity index (χ0v) is 14.4. The zero-order chi connectivity index (χ0) is 17.1. The predicted octanol–water partition coefficient (Wildman–Crippen LogP) is 3.13. The third kappa shape index (κ3) is 3.48. The molecule has 1 aromatic carbocycles. The van der Waals surface area contributed by atoms with E-state index in [4.69, 9.17) is 17.3 Å². The number of nitrogens with two attached hydrogens (primary N) is 1. The van der Waals surface area contributed by atoms with Crippen LogP contribution in [0, 0.1) is 5.92 Å². The Morgan fingerprint density at radius 1 is 1.50 bits per heavy atom. The van der Waals surface area contributed by atoms with Crippen molar-refractivity contribution in [1.29, 1.82) is 0 Å². The van der Waals surface area contributed by atoms with Gasteiger partial charge in [0.05, 0.1) is 11.4 Å². The Hall–Kier alpha value is -2.21. The number of hydrogen-bond donors (Lipinski definition) is 3. The summed E-state index contributed by atoms with van der Waals surface area (Å²) in [6, 6.07) is 7.31. The van der Waals surface area contributed by atoms with Gasteiger partial charge in [0.1, 0.15) is 5.15 Å². The summed E-state index contributed by atoms with van der Waals surface area (Å²) in [5.74, 6) is 0.442. The van der Waals surface area contributed by atoms with E-state index in [1.165, 1.54) is 19.3 Å². The number of halogens is 1. The Kier molecular flexibility index (Phi) is 4.94. The average molecular weight is 348 g/mol. The third-order valence-electron chi connectivity index (χ3n) is 4.55. The van der Waals surface area contributed by atoms with Crippen molar-refractivity contribution < 1.29 is 4.79 Å². The molecule has 1 heterocycles. The van der Waals surface area contributed by atoms with E-state index < -0.39 is 0 Å². The fourth-order valence-corrected chi connectivity index (χ4v) is 3.18. The highest BCUT2D eigenvalue weighted by Crippen LogP contribution is 2.30. The van der Waals surface area contributed by atoms with Crippen molar-refractivity contribution in [2.75, 3.05) is 24.6 Å². The van der Waals surface area contributed by atoms with Crippen molar-refractivity contribution in [3.8, 4) is 0 Å². The van der Waals surface area contributed by atoms with E-state index in [-0.39, 0.29) is 5.91 Å². The number of carbonyl (C=O) groups is 1. The molecule has 7 heteroatoms. The number of aromatic nitrogens is 2. The number of benzene rings is 1. The van der Waals surface area contributed by atoms with Crippen molar-refractivity contribution in [3.63, 3.8) is 0 Å². The van der Waals surface area contributed by atoms with E-state index in [1.54, 1.807) is 6.07 Å². The first-order valence-corrected chi connectivity index (χ1v) is 8.51. The molecule has 1 saturated carbocycles. The van der Waals surface area contributed by atoms with Gasteiger partial charge in [0.15, 0.2) is 5.69 Å². The Balaban J connectivity index is 1.84. The Morgan fingerprint density at radius 3 is 2.88 bits per heavy atom. The summed E-state index contributed by atoms with van der Waals surface area (Å²) < 4.78 is 0. The zero-order valence-electron chi connectivity index (χ0n) is 13.7. The number of para-hydroxylation sites is 1. The maximum absolute atomic E-state index is 12.9. The highest BCUT2D eigenvalue weighted by atomic mass is 35.5. The van der Waals surface area contributed by atoms with Gasteiger partial charge in [0, 0.05) is 26.2 Å². The molecule has 0 aliphatic heterocycles. The second kappa shape index (κ2) is 7.13. The number of nitrogens with one attached hydrogen (secondary N) is 2. The van der Waals surface area contributed by atoms with Crippen LogP contribution >= 0.6 is 11.6 Å². The van der Waals surface area contributed by atoms with Gasteiger partial charge in [-0.1, -0.05) is 30.2 Å². The van der Waals surface area contributed by atoms with E-state index in [9.17, 15) is 4.79 Å². The smallest absolute Gasteiger partial charge is 0.274 e. The number of nitrogens with zero attached hydrogens (tertiary/aromatic N) is 2. The van der Waals surface area contributed by atoms with Gasteiger partial charge in [-0.2, -0.15) is 5.10 Å². The first-order chi connectivity index (χ1) is 11.6. The largest absolute Gasteiger partial charge is 0.397 e. The molecule has 1 fully saturated rings. The normalized spacial score (nSPS) is 14.2. The van der Waals surface area contributed by atoms with Crippen LogP contribution in [0.1, 0.15) is 35.3 Å². The lowest BCUT2D eigenvalue weighted by Gasteiger charge is -2.32. The van der Waals surface area contributed by atoms with Crippen LogP contribution in [0.25, 0.3) is 0 Å².